The highest BCUT2D eigenvalue weighted by Gasteiger charge is 2.14. The average Bonchev–Trinajstić information content (AvgIpc) is 2.34. The minimum absolute atomic E-state index is 0.127. The molecule has 0 amide bonds. The summed E-state index contributed by atoms with van der Waals surface area (Å²) in [6, 6.07) is 10.3. The molecule has 96 valence electrons. The third kappa shape index (κ3) is 2.47. The molecule has 0 saturated heterocycles. The van der Waals surface area contributed by atoms with Gasteiger partial charge in [-0.25, -0.2) is 13.6 Å². The first-order chi connectivity index (χ1) is 8.54. The number of nitrogens with two attached hydrogens (primary N) is 1. The molecule has 2 N–H and O–H groups in total. The monoisotopic (exact) mass is 265 g/mol. The SMILES string of the molecule is CCCOc1ccc(S(N)(=O)=O)c2ccccc12. The molecule has 0 radical (unpaired) electrons. The predicted molar refractivity (Wildman–Crippen MR) is 71.1 cm³/mol. The van der Waals surface area contributed by atoms with Gasteiger partial charge in [-0.3, -0.25) is 0 Å². The Bertz CT molecular complexity index is 665. The van der Waals surface area contributed by atoms with E-state index < -0.39 is 10.0 Å². The van der Waals surface area contributed by atoms with Crippen LogP contribution in [0.3, 0.4) is 0 Å². The van der Waals surface area contributed by atoms with Crippen molar-refractivity contribution in [1.29, 1.82) is 0 Å². The molecule has 2 aromatic carbocycles. The highest BCUT2D eigenvalue weighted by Crippen LogP contribution is 2.30. The molecule has 0 spiro atoms. The summed E-state index contributed by atoms with van der Waals surface area (Å²) in [5.41, 5.74) is 0. The third-order valence-electron chi connectivity index (χ3n) is 2.61. The van der Waals surface area contributed by atoms with E-state index in [2.05, 4.69) is 0 Å². The molecule has 0 bridgehead atoms. The van der Waals surface area contributed by atoms with E-state index in [4.69, 9.17) is 9.88 Å². The highest BCUT2D eigenvalue weighted by molar-refractivity contribution is 7.89. The third-order valence-corrected chi connectivity index (χ3v) is 3.58. The molecule has 4 nitrogen and oxygen atoms in total. The second-order valence-electron chi connectivity index (χ2n) is 4.00. The number of hydrogen-bond acceptors (Lipinski definition) is 3. The molecule has 0 aliphatic heterocycles. The molecule has 0 heterocycles. The maximum Gasteiger partial charge on any atom is 0.238 e. The molecule has 0 aliphatic carbocycles. The highest BCUT2D eigenvalue weighted by atomic mass is 32.2. The van der Waals surface area contributed by atoms with Crippen LogP contribution in [-0.4, -0.2) is 15.0 Å². The Morgan fingerprint density at radius 2 is 1.78 bits per heavy atom. The first-order valence-electron chi connectivity index (χ1n) is 5.71. The van der Waals surface area contributed by atoms with E-state index in [0.29, 0.717) is 17.7 Å². The molecule has 0 saturated carbocycles. The predicted octanol–water partition coefficient (Wildman–Crippen LogP) is 2.28. The van der Waals surface area contributed by atoms with Gasteiger partial charge >= 0.3 is 0 Å². The van der Waals surface area contributed by atoms with Gasteiger partial charge in [0.1, 0.15) is 5.75 Å². The van der Waals surface area contributed by atoms with Crippen molar-refractivity contribution in [2.75, 3.05) is 6.61 Å². The summed E-state index contributed by atoms with van der Waals surface area (Å²) < 4.78 is 28.6. The second-order valence-corrected chi connectivity index (χ2v) is 5.53. The Hall–Kier alpha value is -1.59. The first-order valence-corrected chi connectivity index (χ1v) is 7.26. The minimum Gasteiger partial charge on any atom is -0.493 e. The van der Waals surface area contributed by atoms with Gasteiger partial charge in [0.15, 0.2) is 0 Å². The van der Waals surface area contributed by atoms with Crippen LogP contribution in [0.25, 0.3) is 10.8 Å². The van der Waals surface area contributed by atoms with E-state index in [1.165, 1.54) is 6.07 Å². The van der Waals surface area contributed by atoms with E-state index in [-0.39, 0.29) is 4.90 Å². The van der Waals surface area contributed by atoms with Crippen LogP contribution in [0.2, 0.25) is 0 Å². The molecule has 0 aromatic heterocycles. The number of benzene rings is 2. The number of rotatable bonds is 4. The lowest BCUT2D eigenvalue weighted by molar-refractivity contribution is 0.321. The standard InChI is InChI=1S/C13H15NO3S/c1-2-9-17-12-7-8-13(18(14,15)16)11-6-4-3-5-10(11)12/h3-8H,2,9H2,1H3,(H2,14,15,16). The lowest BCUT2D eigenvalue weighted by Gasteiger charge is -2.10. The van der Waals surface area contributed by atoms with E-state index in [9.17, 15) is 8.42 Å². The van der Waals surface area contributed by atoms with Crippen LogP contribution in [0.5, 0.6) is 5.75 Å². The largest absolute Gasteiger partial charge is 0.493 e. The zero-order chi connectivity index (χ0) is 13.2. The van der Waals surface area contributed by atoms with Crippen molar-refractivity contribution in [2.24, 2.45) is 5.14 Å². The Balaban J connectivity index is 2.66. The maximum absolute atomic E-state index is 11.5. The van der Waals surface area contributed by atoms with Crippen LogP contribution >= 0.6 is 0 Å². The van der Waals surface area contributed by atoms with Gasteiger partial charge in [-0.05, 0) is 18.6 Å². The van der Waals surface area contributed by atoms with Gasteiger partial charge in [-0.15, -0.1) is 0 Å². The molecule has 5 heteroatoms. The van der Waals surface area contributed by atoms with Gasteiger partial charge in [0, 0.05) is 10.8 Å². The quantitative estimate of drug-likeness (QED) is 0.922. The van der Waals surface area contributed by atoms with E-state index in [1.54, 1.807) is 18.2 Å². The van der Waals surface area contributed by atoms with Crippen molar-refractivity contribution < 1.29 is 13.2 Å². The summed E-state index contributed by atoms with van der Waals surface area (Å²) in [6.45, 7) is 2.61. The molecule has 0 fully saturated rings. The van der Waals surface area contributed by atoms with E-state index in [0.717, 1.165) is 11.8 Å². The van der Waals surface area contributed by atoms with Crippen LogP contribution in [-0.2, 0) is 10.0 Å². The maximum atomic E-state index is 11.5. The van der Waals surface area contributed by atoms with Crippen molar-refractivity contribution >= 4 is 20.8 Å². The number of primary sulfonamides is 1. The summed E-state index contributed by atoms with van der Waals surface area (Å²) in [4.78, 5) is 0.127. The molecular formula is C13H15NO3S. The minimum atomic E-state index is -3.72. The van der Waals surface area contributed by atoms with E-state index in [1.807, 2.05) is 19.1 Å². The zero-order valence-corrected chi connectivity index (χ0v) is 10.9. The van der Waals surface area contributed by atoms with Gasteiger partial charge in [-0.1, -0.05) is 31.2 Å². The fraction of sp³-hybridized carbons (Fsp3) is 0.231. The molecule has 2 aromatic rings. The smallest absolute Gasteiger partial charge is 0.238 e. The molecule has 18 heavy (non-hydrogen) atoms. The van der Waals surface area contributed by atoms with Crippen molar-refractivity contribution in [1.82, 2.24) is 0 Å². The fourth-order valence-corrected chi connectivity index (χ4v) is 2.57. The van der Waals surface area contributed by atoms with E-state index >= 15 is 0 Å². The van der Waals surface area contributed by atoms with Crippen LogP contribution < -0.4 is 9.88 Å². The molecule has 2 rings (SSSR count). The van der Waals surface area contributed by atoms with Gasteiger partial charge in [-0.2, -0.15) is 0 Å². The number of hydrogen-bond donors (Lipinski definition) is 1. The van der Waals surface area contributed by atoms with Crippen LogP contribution in [0.1, 0.15) is 13.3 Å². The van der Waals surface area contributed by atoms with Crippen LogP contribution in [0.15, 0.2) is 41.3 Å². The average molecular weight is 265 g/mol. The van der Waals surface area contributed by atoms with Gasteiger partial charge in [0.25, 0.3) is 0 Å². The molecule has 0 unspecified atom stereocenters. The number of sulfonamides is 1. The summed E-state index contributed by atoms with van der Waals surface area (Å²) >= 11 is 0. The summed E-state index contributed by atoms with van der Waals surface area (Å²) in [5, 5.41) is 6.56. The fourth-order valence-electron chi connectivity index (χ4n) is 1.83. The van der Waals surface area contributed by atoms with Crippen molar-refractivity contribution in [3.8, 4) is 5.75 Å². The molecular weight excluding hydrogens is 250 g/mol. The Morgan fingerprint density at radius 1 is 1.11 bits per heavy atom. The van der Waals surface area contributed by atoms with Crippen LogP contribution in [0, 0.1) is 0 Å². The van der Waals surface area contributed by atoms with Crippen molar-refractivity contribution in [3.63, 3.8) is 0 Å². The lowest BCUT2D eigenvalue weighted by atomic mass is 10.1. The number of fused-ring (bicyclic) bond motifs is 1. The Kier molecular flexibility index (Phi) is 3.54. The Labute approximate surface area is 106 Å². The first kappa shape index (κ1) is 12.9. The second kappa shape index (κ2) is 4.96. The summed E-state index contributed by atoms with van der Waals surface area (Å²) in [6.07, 6.45) is 0.894. The number of ether oxygens (including phenoxy) is 1. The lowest BCUT2D eigenvalue weighted by Crippen LogP contribution is -2.12. The zero-order valence-electron chi connectivity index (χ0n) is 10.1. The van der Waals surface area contributed by atoms with Crippen molar-refractivity contribution in [3.05, 3.63) is 36.4 Å². The van der Waals surface area contributed by atoms with Crippen molar-refractivity contribution in [2.45, 2.75) is 18.2 Å². The molecule has 0 aliphatic rings. The topological polar surface area (TPSA) is 69.4 Å². The van der Waals surface area contributed by atoms with Gasteiger partial charge in [0.2, 0.25) is 10.0 Å². The molecule has 0 atom stereocenters. The summed E-state index contributed by atoms with van der Waals surface area (Å²) in [7, 11) is -3.72. The normalized spacial score (nSPS) is 11.7. The van der Waals surface area contributed by atoms with Crippen LogP contribution in [0.4, 0.5) is 0 Å². The Morgan fingerprint density at radius 3 is 2.39 bits per heavy atom. The summed E-state index contributed by atoms with van der Waals surface area (Å²) in [5.74, 6) is 0.680. The van der Waals surface area contributed by atoms with Gasteiger partial charge in [0.05, 0.1) is 11.5 Å². The van der Waals surface area contributed by atoms with Gasteiger partial charge < -0.3 is 4.74 Å².